The van der Waals surface area contributed by atoms with Crippen molar-refractivity contribution < 1.29 is 18.9 Å². The first-order valence-corrected chi connectivity index (χ1v) is 9.33. The average Bonchev–Trinajstić information content (AvgIpc) is 3.15. The van der Waals surface area contributed by atoms with E-state index in [2.05, 4.69) is 10.1 Å². The number of carbonyl (C=O) groups excluding carboxylic acids is 3. The number of nitrogens with zero attached hydrogens (tertiary/aromatic N) is 4. The van der Waals surface area contributed by atoms with Crippen LogP contribution in [0.1, 0.15) is 37.7 Å². The van der Waals surface area contributed by atoms with Crippen LogP contribution in [0.2, 0.25) is 0 Å². The molecule has 146 valence electrons. The highest BCUT2D eigenvalue weighted by molar-refractivity contribution is 6.22. The van der Waals surface area contributed by atoms with E-state index in [1.54, 1.807) is 29.2 Å². The number of carbonyl (C=O) groups is 3. The summed E-state index contributed by atoms with van der Waals surface area (Å²) in [7, 11) is 0. The van der Waals surface area contributed by atoms with Crippen LogP contribution in [0.4, 0.5) is 0 Å². The van der Waals surface area contributed by atoms with Crippen molar-refractivity contribution in [1.82, 2.24) is 19.9 Å². The molecule has 0 radical (unpaired) electrons. The van der Waals surface area contributed by atoms with E-state index in [1.165, 1.54) is 0 Å². The minimum absolute atomic E-state index is 0.202. The van der Waals surface area contributed by atoms with Crippen LogP contribution in [0.3, 0.4) is 0 Å². The highest BCUT2D eigenvalue weighted by Gasteiger charge is 2.37. The lowest BCUT2D eigenvalue weighted by atomic mass is 10.1. The van der Waals surface area contributed by atoms with Crippen LogP contribution in [0.15, 0.2) is 28.8 Å². The molecule has 0 saturated carbocycles. The van der Waals surface area contributed by atoms with Gasteiger partial charge in [-0.25, -0.2) is 0 Å². The standard InChI is InChI=1S/C20H22N4O4/c1-13-17(14(2)28-21-13)11-22-7-9-23(10-8-22)18(25)12-24-19(26)15-5-3-4-6-16(15)20(24)27/h3-6H,7-12H2,1-2H3. The van der Waals surface area contributed by atoms with Gasteiger partial charge in [-0.15, -0.1) is 0 Å². The smallest absolute Gasteiger partial charge is 0.262 e. The molecule has 2 aromatic rings. The Kier molecular flexibility index (Phi) is 4.72. The molecule has 0 atom stereocenters. The van der Waals surface area contributed by atoms with Crippen LogP contribution < -0.4 is 0 Å². The summed E-state index contributed by atoms with van der Waals surface area (Å²) >= 11 is 0. The van der Waals surface area contributed by atoms with Gasteiger partial charge in [-0.3, -0.25) is 24.2 Å². The predicted octanol–water partition coefficient (Wildman–Crippen LogP) is 1.23. The zero-order valence-electron chi connectivity index (χ0n) is 16.0. The second kappa shape index (κ2) is 7.20. The van der Waals surface area contributed by atoms with Gasteiger partial charge in [0.15, 0.2) is 0 Å². The Hall–Kier alpha value is -3.00. The average molecular weight is 382 g/mol. The van der Waals surface area contributed by atoms with E-state index >= 15 is 0 Å². The summed E-state index contributed by atoms with van der Waals surface area (Å²) in [6.45, 7) is 6.91. The molecule has 0 unspecified atom stereocenters. The van der Waals surface area contributed by atoms with E-state index in [0.29, 0.717) is 24.2 Å². The fraction of sp³-hybridized carbons (Fsp3) is 0.400. The summed E-state index contributed by atoms with van der Waals surface area (Å²) in [4.78, 5) is 42.5. The number of fused-ring (bicyclic) bond motifs is 1. The molecule has 2 aliphatic rings. The van der Waals surface area contributed by atoms with Crippen molar-refractivity contribution in [1.29, 1.82) is 0 Å². The van der Waals surface area contributed by atoms with Crippen molar-refractivity contribution in [2.45, 2.75) is 20.4 Å². The third-order valence-electron chi connectivity index (χ3n) is 5.46. The van der Waals surface area contributed by atoms with Crippen LogP contribution in [0, 0.1) is 13.8 Å². The molecule has 3 amide bonds. The Morgan fingerprint density at radius 3 is 2.18 bits per heavy atom. The molecular weight excluding hydrogens is 360 g/mol. The van der Waals surface area contributed by atoms with Gasteiger partial charge in [0.25, 0.3) is 11.8 Å². The summed E-state index contributed by atoms with van der Waals surface area (Å²) in [5.41, 5.74) is 2.71. The largest absolute Gasteiger partial charge is 0.361 e. The van der Waals surface area contributed by atoms with E-state index in [4.69, 9.17) is 4.52 Å². The number of imide groups is 1. The van der Waals surface area contributed by atoms with Gasteiger partial charge in [0.1, 0.15) is 12.3 Å². The number of aryl methyl sites for hydroxylation is 2. The fourth-order valence-corrected chi connectivity index (χ4v) is 3.72. The molecule has 1 aromatic heterocycles. The summed E-state index contributed by atoms with van der Waals surface area (Å²) in [6, 6.07) is 6.67. The quantitative estimate of drug-likeness (QED) is 0.740. The normalized spacial score (nSPS) is 17.4. The summed E-state index contributed by atoms with van der Waals surface area (Å²) < 4.78 is 5.21. The predicted molar refractivity (Wildman–Crippen MR) is 99.6 cm³/mol. The molecule has 0 bridgehead atoms. The molecule has 3 heterocycles. The SMILES string of the molecule is Cc1noc(C)c1CN1CCN(C(=O)CN2C(=O)c3ccccc3C2=O)CC1. The lowest BCUT2D eigenvalue weighted by Crippen LogP contribution is -2.51. The molecule has 1 aromatic carbocycles. The van der Waals surface area contributed by atoms with E-state index in [0.717, 1.165) is 41.6 Å². The highest BCUT2D eigenvalue weighted by Crippen LogP contribution is 2.22. The second-order valence-electron chi connectivity index (χ2n) is 7.20. The summed E-state index contributed by atoms with van der Waals surface area (Å²) in [6.07, 6.45) is 0. The van der Waals surface area contributed by atoms with Gasteiger partial charge in [0.05, 0.1) is 16.8 Å². The second-order valence-corrected chi connectivity index (χ2v) is 7.20. The van der Waals surface area contributed by atoms with Gasteiger partial charge in [-0.2, -0.15) is 0 Å². The molecule has 8 nitrogen and oxygen atoms in total. The summed E-state index contributed by atoms with van der Waals surface area (Å²) in [5, 5.41) is 3.98. The molecular formula is C20H22N4O4. The zero-order chi connectivity index (χ0) is 19.8. The van der Waals surface area contributed by atoms with Gasteiger partial charge in [-0.05, 0) is 26.0 Å². The van der Waals surface area contributed by atoms with Gasteiger partial charge in [0, 0.05) is 38.3 Å². The number of aromatic nitrogens is 1. The van der Waals surface area contributed by atoms with Crippen LogP contribution >= 0.6 is 0 Å². The first kappa shape index (κ1) is 18.4. The van der Waals surface area contributed by atoms with Crippen LogP contribution in [-0.4, -0.2) is 70.3 Å². The van der Waals surface area contributed by atoms with Gasteiger partial charge in [0.2, 0.25) is 5.91 Å². The number of hydrogen-bond acceptors (Lipinski definition) is 6. The van der Waals surface area contributed by atoms with E-state index in [1.807, 2.05) is 13.8 Å². The topological polar surface area (TPSA) is 87.0 Å². The first-order valence-electron chi connectivity index (χ1n) is 9.33. The van der Waals surface area contributed by atoms with Crippen molar-refractivity contribution in [2.75, 3.05) is 32.7 Å². The minimum atomic E-state index is -0.397. The van der Waals surface area contributed by atoms with Gasteiger partial charge >= 0.3 is 0 Å². The number of rotatable bonds is 4. The first-order chi connectivity index (χ1) is 13.5. The van der Waals surface area contributed by atoms with E-state index in [9.17, 15) is 14.4 Å². The van der Waals surface area contributed by atoms with Crippen molar-refractivity contribution in [3.63, 3.8) is 0 Å². The number of benzene rings is 1. The number of hydrogen-bond donors (Lipinski definition) is 0. The van der Waals surface area contributed by atoms with Crippen molar-refractivity contribution in [3.05, 3.63) is 52.4 Å². The maximum absolute atomic E-state index is 12.7. The maximum atomic E-state index is 12.7. The van der Waals surface area contributed by atoms with Crippen LogP contribution in [0.5, 0.6) is 0 Å². The Labute approximate surface area is 162 Å². The Bertz CT molecular complexity index is 889. The van der Waals surface area contributed by atoms with Gasteiger partial charge < -0.3 is 9.42 Å². The molecule has 4 rings (SSSR count). The Morgan fingerprint density at radius 2 is 1.64 bits per heavy atom. The van der Waals surface area contributed by atoms with Crippen molar-refractivity contribution in [3.8, 4) is 0 Å². The van der Waals surface area contributed by atoms with Crippen molar-refractivity contribution >= 4 is 17.7 Å². The molecule has 1 saturated heterocycles. The number of amides is 3. The maximum Gasteiger partial charge on any atom is 0.262 e. The lowest BCUT2D eigenvalue weighted by molar-refractivity contribution is -0.133. The Balaban J connectivity index is 1.34. The molecule has 8 heteroatoms. The monoisotopic (exact) mass is 382 g/mol. The van der Waals surface area contributed by atoms with Crippen LogP contribution in [-0.2, 0) is 11.3 Å². The fourth-order valence-electron chi connectivity index (χ4n) is 3.72. The lowest BCUT2D eigenvalue weighted by Gasteiger charge is -2.35. The minimum Gasteiger partial charge on any atom is -0.361 e. The number of piperazine rings is 1. The highest BCUT2D eigenvalue weighted by atomic mass is 16.5. The van der Waals surface area contributed by atoms with Crippen molar-refractivity contribution in [2.24, 2.45) is 0 Å². The molecule has 0 aliphatic carbocycles. The molecule has 2 aliphatic heterocycles. The van der Waals surface area contributed by atoms with E-state index < -0.39 is 11.8 Å². The zero-order valence-corrected chi connectivity index (χ0v) is 16.0. The third-order valence-corrected chi connectivity index (χ3v) is 5.46. The summed E-state index contributed by atoms with van der Waals surface area (Å²) in [5.74, 6) is -0.176. The molecule has 1 fully saturated rings. The van der Waals surface area contributed by atoms with Gasteiger partial charge in [-0.1, -0.05) is 17.3 Å². The van der Waals surface area contributed by atoms with E-state index in [-0.39, 0.29) is 12.5 Å². The molecule has 0 N–H and O–H groups in total. The molecule has 0 spiro atoms. The molecule has 28 heavy (non-hydrogen) atoms. The van der Waals surface area contributed by atoms with Crippen LogP contribution in [0.25, 0.3) is 0 Å². The Morgan fingerprint density at radius 1 is 1.04 bits per heavy atom. The third kappa shape index (κ3) is 3.20.